The van der Waals surface area contributed by atoms with E-state index < -0.39 is 22.5 Å². The number of phenols is 1. The molecule has 0 saturated heterocycles. The molecular formula is C32H45BrN2O6. The number of nitrogens with zero attached hydrogens (tertiary/aromatic N) is 1. The van der Waals surface area contributed by atoms with E-state index in [0.29, 0.717) is 44.6 Å². The Kier molecular flexibility index (Phi) is 10.7. The second-order valence-corrected chi connectivity index (χ2v) is 14.0. The predicted octanol–water partition coefficient (Wildman–Crippen LogP) is 7.13. The average molecular weight is 634 g/mol. The Morgan fingerprint density at radius 3 is 1.90 bits per heavy atom. The summed E-state index contributed by atoms with van der Waals surface area (Å²) >= 11 is 3.52. The molecule has 0 spiro atoms. The minimum Gasteiger partial charge on any atom is -0.507 e. The molecule has 0 heterocycles. The zero-order valence-electron chi connectivity index (χ0n) is 26.2. The van der Waals surface area contributed by atoms with Gasteiger partial charge in [-0.2, -0.15) is 0 Å². The molecule has 2 N–H and O–H groups in total. The van der Waals surface area contributed by atoms with E-state index in [9.17, 15) is 19.5 Å². The first-order chi connectivity index (χ1) is 18.7. The first-order valence-electron chi connectivity index (χ1n) is 13.8. The summed E-state index contributed by atoms with van der Waals surface area (Å²) in [6.07, 6.45) is -0.656. The molecule has 0 bridgehead atoms. The fourth-order valence-corrected chi connectivity index (χ4v) is 4.69. The van der Waals surface area contributed by atoms with E-state index in [1.54, 1.807) is 45.0 Å². The highest BCUT2D eigenvalue weighted by atomic mass is 79.9. The Bertz CT molecular complexity index is 1260. The van der Waals surface area contributed by atoms with E-state index in [4.69, 9.17) is 9.47 Å². The number of halogens is 1. The second kappa shape index (κ2) is 12.8. The Hall–Kier alpha value is -3.07. The molecule has 0 aliphatic rings. The van der Waals surface area contributed by atoms with Gasteiger partial charge >= 0.3 is 6.09 Å². The van der Waals surface area contributed by atoms with E-state index in [0.717, 1.165) is 0 Å². The molecule has 0 atom stereocenters. The topological polar surface area (TPSA) is 105 Å². The maximum Gasteiger partial charge on any atom is 0.411 e. The smallest absolute Gasteiger partial charge is 0.411 e. The Labute approximate surface area is 252 Å². The van der Waals surface area contributed by atoms with Crippen molar-refractivity contribution in [3.8, 4) is 11.5 Å². The van der Waals surface area contributed by atoms with Crippen LogP contribution in [-0.4, -0.2) is 53.6 Å². The highest BCUT2D eigenvalue weighted by molar-refractivity contribution is 9.10. The molecule has 0 aromatic heterocycles. The van der Waals surface area contributed by atoms with Crippen LogP contribution in [0.2, 0.25) is 0 Å². The van der Waals surface area contributed by atoms with Crippen LogP contribution in [-0.2, 0) is 22.1 Å². The number of Topliss-reactive ketones (excluding diaryl/α,β-unsaturated/α-hetero) is 1. The van der Waals surface area contributed by atoms with Crippen molar-refractivity contribution in [2.75, 3.05) is 20.2 Å². The summed E-state index contributed by atoms with van der Waals surface area (Å²) in [7, 11) is 1.54. The van der Waals surface area contributed by atoms with E-state index in [1.807, 2.05) is 48.5 Å². The number of ether oxygens (including phenoxy) is 2. The molecule has 2 aromatic rings. The summed E-state index contributed by atoms with van der Waals surface area (Å²) in [6.45, 7) is 19.1. The molecule has 0 aliphatic heterocycles. The predicted molar refractivity (Wildman–Crippen MR) is 165 cm³/mol. The van der Waals surface area contributed by atoms with Crippen molar-refractivity contribution >= 4 is 33.7 Å². The zero-order valence-corrected chi connectivity index (χ0v) is 27.8. The molecule has 41 heavy (non-hydrogen) atoms. The number of nitrogens with one attached hydrogen (secondary N) is 1. The van der Waals surface area contributed by atoms with Gasteiger partial charge in [0.1, 0.15) is 17.1 Å². The van der Waals surface area contributed by atoms with Crippen LogP contribution in [0.3, 0.4) is 0 Å². The van der Waals surface area contributed by atoms with E-state index in [-0.39, 0.29) is 30.5 Å². The molecule has 0 aliphatic carbocycles. The van der Waals surface area contributed by atoms with Crippen molar-refractivity contribution < 1.29 is 29.0 Å². The molecule has 226 valence electrons. The van der Waals surface area contributed by atoms with Crippen LogP contribution >= 0.6 is 15.9 Å². The van der Waals surface area contributed by atoms with Crippen molar-refractivity contribution in [2.24, 2.45) is 0 Å². The van der Waals surface area contributed by atoms with Gasteiger partial charge < -0.3 is 19.9 Å². The Balaban J connectivity index is 2.60. The number of phenolic OH excluding ortho intramolecular Hbond substituents is 1. The number of hydrogen-bond acceptors (Lipinski definition) is 6. The van der Waals surface area contributed by atoms with Crippen LogP contribution in [0.1, 0.15) is 107 Å². The largest absolute Gasteiger partial charge is 0.507 e. The number of amides is 2. The van der Waals surface area contributed by atoms with Crippen LogP contribution in [0.5, 0.6) is 11.5 Å². The molecule has 0 saturated carbocycles. The summed E-state index contributed by atoms with van der Waals surface area (Å²) in [5.74, 6) is -0.0654. The quantitative estimate of drug-likeness (QED) is 0.300. The summed E-state index contributed by atoms with van der Waals surface area (Å²) in [5.41, 5.74) is 1.07. The van der Waals surface area contributed by atoms with Crippen molar-refractivity contribution in [3.05, 3.63) is 56.6 Å². The fraction of sp³-hybridized carbons (Fsp3) is 0.531. The molecule has 2 amide bonds. The van der Waals surface area contributed by atoms with Crippen LogP contribution in [0.25, 0.3) is 0 Å². The summed E-state index contributed by atoms with van der Waals surface area (Å²) in [4.78, 5) is 40.9. The third-order valence-corrected chi connectivity index (χ3v) is 7.05. The number of carbonyl (C=O) groups excluding carboxylic acids is 3. The third-order valence-electron chi connectivity index (χ3n) is 6.32. The summed E-state index contributed by atoms with van der Waals surface area (Å²) in [6, 6.07) is 6.75. The molecule has 2 rings (SSSR count). The van der Waals surface area contributed by atoms with Crippen molar-refractivity contribution in [1.29, 1.82) is 0 Å². The van der Waals surface area contributed by atoms with E-state index >= 15 is 0 Å². The fourth-order valence-electron chi connectivity index (χ4n) is 4.22. The van der Waals surface area contributed by atoms with Gasteiger partial charge in [-0.05, 0) is 68.4 Å². The molecule has 0 fully saturated rings. The number of benzene rings is 2. The lowest BCUT2D eigenvalue weighted by atomic mass is 9.78. The minimum atomic E-state index is -0.785. The maximum atomic E-state index is 13.8. The van der Waals surface area contributed by atoms with Crippen LogP contribution < -0.4 is 10.1 Å². The van der Waals surface area contributed by atoms with Gasteiger partial charge in [-0.1, -0.05) is 57.5 Å². The number of hydrogen-bond donors (Lipinski definition) is 2. The van der Waals surface area contributed by atoms with Gasteiger partial charge in [0.05, 0.1) is 25.3 Å². The Morgan fingerprint density at radius 1 is 0.927 bits per heavy atom. The maximum absolute atomic E-state index is 13.8. The van der Waals surface area contributed by atoms with Gasteiger partial charge in [0.15, 0.2) is 5.78 Å². The van der Waals surface area contributed by atoms with E-state index in [2.05, 4.69) is 21.2 Å². The summed E-state index contributed by atoms with van der Waals surface area (Å²) in [5, 5.41) is 13.7. The van der Waals surface area contributed by atoms with Gasteiger partial charge in [0, 0.05) is 28.2 Å². The van der Waals surface area contributed by atoms with Crippen LogP contribution in [0.15, 0.2) is 28.7 Å². The monoisotopic (exact) mass is 632 g/mol. The molecule has 0 unspecified atom stereocenters. The van der Waals surface area contributed by atoms with Gasteiger partial charge in [-0.15, -0.1) is 0 Å². The highest BCUT2D eigenvalue weighted by Gasteiger charge is 2.30. The normalized spacial score (nSPS) is 12.1. The summed E-state index contributed by atoms with van der Waals surface area (Å²) < 4.78 is 12.0. The third kappa shape index (κ3) is 8.96. The molecule has 9 heteroatoms. The number of aromatic hydroxyl groups is 1. The van der Waals surface area contributed by atoms with Crippen LogP contribution in [0, 0.1) is 0 Å². The first-order valence-corrected chi connectivity index (χ1v) is 14.5. The first kappa shape index (κ1) is 34.1. The average Bonchev–Trinajstić information content (AvgIpc) is 2.82. The van der Waals surface area contributed by atoms with Crippen molar-refractivity contribution in [3.63, 3.8) is 0 Å². The number of rotatable bonds is 8. The highest BCUT2D eigenvalue weighted by Crippen LogP contribution is 2.40. The second-order valence-electron chi connectivity index (χ2n) is 13.1. The minimum absolute atomic E-state index is 0.0195. The van der Waals surface area contributed by atoms with Crippen molar-refractivity contribution in [1.82, 2.24) is 10.2 Å². The number of ketones is 1. The molecule has 2 aromatic carbocycles. The molecule has 0 radical (unpaired) electrons. The standard InChI is InChI=1S/C32H45BrN2O6/c1-12-40-26-15-20(24(33)16-21(26)28(38)34-11)17-35(29(39)41-32(8,9)10)18-25(36)19-13-22(30(2,3)4)27(37)23(14-19)31(5,6)7/h13-16,37H,12,17-18H2,1-11H3,(H,34,38). The van der Waals surface area contributed by atoms with Crippen molar-refractivity contribution in [2.45, 2.75) is 92.2 Å². The SMILES string of the molecule is CCOc1cc(CN(CC(=O)c2cc(C(C)(C)C)c(O)c(C(C)(C)C)c2)C(=O)OC(C)(C)C)c(Br)cc1C(=O)NC. The lowest BCUT2D eigenvalue weighted by Crippen LogP contribution is -2.39. The van der Waals surface area contributed by atoms with Gasteiger partial charge in [0.2, 0.25) is 0 Å². The van der Waals surface area contributed by atoms with Gasteiger partial charge in [0.25, 0.3) is 5.91 Å². The van der Waals surface area contributed by atoms with E-state index in [1.165, 1.54) is 11.9 Å². The molecule has 8 nitrogen and oxygen atoms in total. The van der Waals surface area contributed by atoms with Gasteiger partial charge in [-0.3, -0.25) is 14.5 Å². The van der Waals surface area contributed by atoms with Gasteiger partial charge in [-0.25, -0.2) is 4.79 Å². The zero-order chi connectivity index (χ0) is 31.5. The number of carbonyl (C=O) groups is 3. The lowest BCUT2D eigenvalue weighted by Gasteiger charge is -2.29. The van der Waals surface area contributed by atoms with Crippen LogP contribution in [0.4, 0.5) is 4.79 Å². The Morgan fingerprint density at radius 2 is 1.46 bits per heavy atom. The lowest BCUT2D eigenvalue weighted by molar-refractivity contribution is 0.0231. The molecular weight excluding hydrogens is 588 g/mol.